The number of amides is 1. The molecule has 1 aliphatic heterocycles. The molecule has 3 rings (SSSR count). The summed E-state index contributed by atoms with van der Waals surface area (Å²) in [6.45, 7) is 1.24. The van der Waals surface area contributed by atoms with Crippen LogP contribution in [0.3, 0.4) is 0 Å². The minimum absolute atomic E-state index is 0. The first-order chi connectivity index (χ1) is 12.5. The molecule has 152 valence electrons. The summed E-state index contributed by atoms with van der Waals surface area (Å²) in [6, 6.07) is 3.62. The molecule has 0 radical (unpaired) electrons. The minimum atomic E-state index is -0.784. The van der Waals surface area contributed by atoms with Gasteiger partial charge in [-0.05, 0) is 36.9 Å². The maximum absolute atomic E-state index is 13.0. The molecule has 1 heterocycles. The Bertz CT molecular complexity index is 662. The third-order valence-electron chi connectivity index (χ3n) is 6.02. The summed E-state index contributed by atoms with van der Waals surface area (Å²) in [4.78, 5) is 14.8. The first-order valence-electron chi connectivity index (χ1n) is 9.43. The van der Waals surface area contributed by atoms with E-state index in [4.69, 9.17) is 15.2 Å². The second-order valence-corrected chi connectivity index (χ2v) is 7.59. The molecule has 1 aliphatic carbocycles. The van der Waals surface area contributed by atoms with Crippen LogP contribution in [0.25, 0.3) is 0 Å². The number of benzene rings is 1. The quantitative estimate of drug-likeness (QED) is 0.796. The van der Waals surface area contributed by atoms with Crippen LogP contribution >= 0.6 is 12.4 Å². The fraction of sp³-hybridized carbons (Fsp3) is 0.650. The van der Waals surface area contributed by atoms with Crippen molar-refractivity contribution in [1.29, 1.82) is 0 Å². The van der Waals surface area contributed by atoms with Crippen molar-refractivity contribution in [3.8, 4) is 11.5 Å². The van der Waals surface area contributed by atoms with Gasteiger partial charge >= 0.3 is 0 Å². The molecule has 3 N–H and O–H groups in total. The Hall–Kier alpha value is -1.50. The lowest BCUT2D eigenvalue weighted by Crippen LogP contribution is -2.43. The average molecular weight is 399 g/mol. The van der Waals surface area contributed by atoms with Gasteiger partial charge in [-0.25, -0.2) is 0 Å². The van der Waals surface area contributed by atoms with Gasteiger partial charge in [-0.2, -0.15) is 0 Å². The lowest BCUT2D eigenvalue weighted by molar-refractivity contribution is -0.137. The number of hydrogen-bond donors (Lipinski definition) is 2. The molecule has 2 aliphatic rings. The number of β-amino-alcohol motifs (C(OH)–C–C–N with tert-alkyl or cyclic N) is 1. The summed E-state index contributed by atoms with van der Waals surface area (Å²) >= 11 is 0. The molecule has 0 aromatic heterocycles. The number of fused-ring (bicyclic) bond motifs is 1. The number of carbonyl (C=O) groups is 1. The monoisotopic (exact) mass is 398 g/mol. The molecule has 6 nitrogen and oxygen atoms in total. The molecule has 1 aromatic carbocycles. The van der Waals surface area contributed by atoms with Crippen LogP contribution in [0.15, 0.2) is 12.1 Å². The Kier molecular flexibility index (Phi) is 7.37. The van der Waals surface area contributed by atoms with Gasteiger partial charge in [-0.1, -0.05) is 19.3 Å². The van der Waals surface area contributed by atoms with E-state index in [0.717, 1.165) is 36.8 Å². The van der Waals surface area contributed by atoms with E-state index < -0.39 is 6.10 Å². The Morgan fingerprint density at radius 2 is 1.85 bits per heavy atom. The van der Waals surface area contributed by atoms with Crippen molar-refractivity contribution >= 4 is 18.3 Å². The molecule has 1 atom stereocenters. The van der Waals surface area contributed by atoms with Gasteiger partial charge in [0, 0.05) is 24.1 Å². The molecule has 0 bridgehead atoms. The molecule has 27 heavy (non-hydrogen) atoms. The van der Waals surface area contributed by atoms with Gasteiger partial charge in [0.05, 0.1) is 20.8 Å². The van der Waals surface area contributed by atoms with Crippen molar-refractivity contribution in [3.05, 3.63) is 23.3 Å². The van der Waals surface area contributed by atoms with Crippen LogP contribution in [0.2, 0.25) is 0 Å². The average Bonchev–Trinajstić information content (AvgIpc) is 2.67. The Morgan fingerprint density at radius 3 is 2.44 bits per heavy atom. The number of nitrogens with two attached hydrogens (primary N) is 1. The number of nitrogens with zero attached hydrogens (tertiary/aromatic N) is 1. The highest BCUT2D eigenvalue weighted by Crippen LogP contribution is 2.42. The second kappa shape index (κ2) is 9.13. The molecule has 1 aromatic rings. The molecule has 1 amide bonds. The van der Waals surface area contributed by atoms with Gasteiger partial charge in [0.15, 0.2) is 0 Å². The second-order valence-electron chi connectivity index (χ2n) is 7.59. The van der Waals surface area contributed by atoms with E-state index in [2.05, 4.69) is 0 Å². The normalized spacial score (nSPS) is 21.0. The minimum Gasteiger partial charge on any atom is -0.496 e. The van der Waals surface area contributed by atoms with Crippen LogP contribution in [0.5, 0.6) is 11.5 Å². The Balaban J connectivity index is 0.00000261. The maximum Gasteiger partial charge on any atom is 0.223 e. The molecule has 0 spiro atoms. The van der Waals surface area contributed by atoms with Crippen LogP contribution < -0.4 is 15.2 Å². The van der Waals surface area contributed by atoms with Crippen LogP contribution in [-0.4, -0.2) is 43.2 Å². The number of methoxy groups -OCH3 is 2. The summed E-state index contributed by atoms with van der Waals surface area (Å²) < 4.78 is 10.9. The van der Waals surface area contributed by atoms with Gasteiger partial charge < -0.3 is 25.2 Å². The van der Waals surface area contributed by atoms with Crippen molar-refractivity contribution < 1.29 is 19.4 Å². The van der Waals surface area contributed by atoms with Crippen molar-refractivity contribution in [2.75, 3.05) is 27.3 Å². The van der Waals surface area contributed by atoms with Crippen molar-refractivity contribution in [3.63, 3.8) is 0 Å². The van der Waals surface area contributed by atoms with Gasteiger partial charge in [0.25, 0.3) is 0 Å². The molecule has 1 unspecified atom stereocenters. The van der Waals surface area contributed by atoms with E-state index in [1.165, 1.54) is 6.42 Å². The van der Waals surface area contributed by atoms with Crippen molar-refractivity contribution in [2.24, 2.45) is 11.1 Å². The zero-order valence-electron chi connectivity index (χ0n) is 16.2. The Labute approximate surface area is 167 Å². The van der Waals surface area contributed by atoms with E-state index in [0.29, 0.717) is 31.0 Å². The number of ether oxygens (including phenoxy) is 2. The number of carbonyl (C=O) groups excluding carboxylic acids is 1. The predicted molar refractivity (Wildman–Crippen MR) is 106 cm³/mol. The highest BCUT2D eigenvalue weighted by Gasteiger charge is 2.37. The highest BCUT2D eigenvalue weighted by molar-refractivity contribution is 5.85. The van der Waals surface area contributed by atoms with E-state index in [1.54, 1.807) is 25.2 Å². The van der Waals surface area contributed by atoms with Gasteiger partial charge in [0.2, 0.25) is 5.91 Å². The summed E-state index contributed by atoms with van der Waals surface area (Å²) in [6.07, 6.45) is 5.20. The predicted octanol–water partition coefficient (Wildman–Crippen LogP) is 2.80. The van der Waals surface area contributed by atoms with Crippen LogP contribution in [0.1, 0.15) is 55.8 Å². The van der Waals surface area contributed by atoms with Crippen LogP contribution in [0, 0.1) is 5.41 Å². The molecule has 0 saturated heterocycles. The van der Waals surface area contributed by atoms with Crippen LogP contribution in [0.4, 0.5) is 0 Å². The summed E-state index contributed by atoms with van der Waals surface area (Å²) in [5, 5.41) is 10.7. The zero-order valence-corrected chi connectivity index (χ0v) is 17.0. The smallest absolute Gasteiger partial charge is 0.223 e. The molecule has 7 heteroatoms. The number of aliphatic hydroxyl groups excluding tert-OH is 1. The van der Waals surface area contributed by atoms with E-state index in [9.17, 15) is 9.90 Å². The summed E-state index contributed by atoms with van der Waals surface area (Å²) in [7, 11) is 3.18. The zero-order chi connectivity index (χ0) is 18.7. The highest BCUT2D eigenvalue weighted by atomic mass is 35.5. The number of hydrogen-bond acceptors (Lipinski definition) is 5. The topological polar surface area (TPSA) is 85.0 Å². The summed E-state index contributed by atoms with van der Waals surface area (Å²) in [5.74, 6) is 1.36. The van der Waals surface area contributed by atoms with Gasteiger partial charge in [0.1, 0.15) is 17.6 Å². The summed E-state index contributed by atoms with van der Waals surface area (Å²) in [5.41, 5.74) is 7.51. The standard InChI is InChI=1S/C20H30N2O4.ClH/c1-25-16-6-7-17(26-2)19-14(16)11-22(12-15(19)23)18(24)10-20(13-21)8-4-3-5-9-20;/h6-7,15,23H,3-5,8-13,21H2,1-2H3;1H. The third kappa shape index (κ3) is 4.33. The first kappa shape index (κ1) is 21.8. The number of aliphatic hydroxyl groups is 1. The van der Waals surface area contributed by atoms with Crippen molar-refractivity contribution in [2.45, 2.75) is 51.2 Å². The van der Waals surface area contributed by atoms with E-state index in [1.807, 2.05) is 6.07 Å². The first-order valence-corrected chi connectivity index (χ1v) is 9.43. The third-order valence-corrected chi connectivity index (χ3v) is 6.02. The SMILES string of the molecule is COc1ccc(OC)c2c1CN(C(=O)CC1(CN)CCCCC1)CC2O.Cl. The molecule has 1 saturated carbocycles. The lowest BCUT2D eigenvalue weighted by Gasteiger charge is -2.39. The number of rotatable bonds is 5. The Morgan fingerprint density at radius 1 is 1.22 bits per heavy atom. The molecule has 1 fully saturated rings. The fourth-order valence-corrected chi connectivity index (χ4v) is 4.45. The van der Waals surface area contributed by atoms with Crippen molar-refractivity contribution in [1.82, 2.24) is 4.90 Å². The van der Waals surface area contributed by atoms with E-state index >= 15 is 0 Å². The largest absolute Gasteiger partial charge is 0.496 e. The fourth-order valence-electron chi connectivity index (χ4n) is 4.45. The van der Waals surface area contributed by atoms with E-state index in [-0.39, 0.29) is 30.3 Å². The molecular formula is C20H31ClN2O4. The van der Waals surface area contributed by atoms with Gasteiger partial charge in [-0.15, -0.1) is 12.4 Å². The molecular weight excluding hydrogens is 368 g/mol. The lowest BCUT2D eigenvalue weighted by atomic mass is 9.71. The maximum atomic E-state index is 13.0. The number of halogens is 1. The van der Waals surface area contributed by atoms with Gasteiger partial charge in [-0.3, -0.25) is 4.79 Å². The van der Waals surface area contributed by atoms with Crippen LogP contribution in [-0.2, 0) is 11.3 Å².